The number of rotatable bonds is 6. The minimum absolute atomic E-state index is 0.0413. The van der Waals surface area contributed by atoms with Crippen molar-refractivity contribution in [1.82, 2.24) is 10.2 Å². The molecular formula is C28H34N2O4. The maximum Gasteiger partial charge on any atom is 0.308 e. The molecule has 0 aromatic heterocycles. The largest absolute Gasteiger partial charge is 0.427 e. The van der Waals surface area contributed by atoms with Crippen LogP contribution >= 0.6 is 0 Å². The zero-order valence-corrected chi connectivity index (χ0v) is 19.8. The molecule has 2 saturated carbocycles. The van der Waals surface area contributed by atoms with Crippen LogP contribution in [0.5, 0.6) is 5.75 Å². The van der Waals surface area contributed by atoms with Gasteiger partial charge in [0.15, 0.2) is 0 Å². The molecule has 34 heavy (non-hydrogen) atoms. The first-order chi connectivity index (χ1) is 16.4. The highest BCUT2D eigenvalue weighted by Gasteiger charge is 2.58. The lowest BCUT2D eigenvalue weighted by molar-refractivity contribution is -0.132. The zero-order chi connectivity index (χ0) is 23.8. The van der Waals surface area contributed by atoms with Gasteiger partial charge in [-0.25, -0.2) is 0 Å². The van der Waals surface area contributed by atoms with E-state index in [1.54, 1.807) is 6.07 Å². The Morgan fingerprint density at radius 2 is 1.88 bits per heavy atom. The molecule has 3 fully saturated rings. The maximum absolute atomic E-state index is 12.9. The predicted molar refractivity (Wildman–Crippen MR) is 130 cm³/mol. The smallest absolute Gasteiger partial charge is 0.308 e. The van der Waals surface area contributed by atoms with Crippen LogP contribution in [0.15, 0.2) is 54.6 Å². The second-order valence-corrected chi connectivity index (χ2v) is 10.4. The number of amides is 1. The number of β-amino-alcohol motifs (C(OH)–C–C–N with tert-alkyl or cyclic N) is 1. The number of carbonyl (C=O) groups is 2. The van der Waals surface area contributed by atoms with Crippen molar-refractivity contribution >= 4 is 11.9 Å². The molecular weight excluding hydrogens is 428 g/mol. The molecule has 0 radical (unpaired) electrons. The van der Waals surface area contributed by atoms with E-state index in [2.05, 4.69) is 10.2 Å². The lowest BCUT2D eigenvalue weighted by atomic mass is 9.55. The molecule has 1 heterocycles. The minimum atomic E-state index is -0.900. The second-order valence-electron chi connectivity index (χ2n) is 10.4. The molecule has 6 nitrogen and oxygen atoms in total. The van der Waals surface area contributed by atoms with Crippen molar-refractivity contribution in [2.45, 2.75) is 62.5 Å². The van der Waals surface area contributed by atoms with Gasteiger partial charge in [-0.1, -0.05) is 30.3 Å². The van der Waals surface area contributed by atoms with Crippen LogP contribution in [0, 0.1) is 5.92 Å². The van der Waals surface area contributed by atoms with Crippen LogP contribution in [-0.4, -0.2) is 53.2 Å². The monoisotopic (exact) mass is 462 g/mol. The van der Waals surface area contributed by atoms with Gasteiger partial charge in [0.2, 0.25) is 0 Å². The Kier molecular flexibility index (Phi) is 6.21. The number of piperidine rings is 1. The summed E-state index contributed by atoms with van der Waals surface area (Å²) in [4.78, 5) is 26.9. The molecule has 2 unspecified atom stereocenters. The Balaban J connectivity index is 1.44. The van der Waals surface area contributed by atoms with Gasteiger partial charge in [-0.3, -0.25) is 9.59 Å². The summed E-state index contributed by atoms with van der Waals surface area (Å²) in [7, 11) is 0. The van der Waals surface area contributed by atoms with Gasteiger partial charge in [-0.05, 0) is 80.8 Å². The standard InChI is InChI=1S/C28H34N2O4/c1-20(31)34-25-9-5-8-23(16-25)27-14-15-30(18-21-10-11-21)19-28(27,33)13-12-24(17-27)29-26(32)22-6-3-2-4-7-22/h2-9,16,21,24,33H,10-15,17-19H2,1H3,(H,29,32)/t24-,27?,28?/m0/s1. The van der Waals surface area contributed by atoms with Crippen LogP contribution in [0.3, 0.4) is 0 Å². The van der Waals surface area contributed by atoms with Crippen LogP contribution in [0.25, 0.3) is 0 Å². The molecule has 3 aliphatic rings. The van der Waals surface area contributed by atoms with E-state index in [0.717, 1.165) is 37.4 Å². The summed E-state index contributed by atoms with van der Waals surface area (Å²) in [6.07, 6.45) is 5.39. The van der Waals surface area contributed by atoms with Gasteiger partial charge in [0, 0.05) is 37.0 Å². The molecule has 2 aromatic rings. The molecule has 6 heteroatoms. The number of hydrogen-bond donors (Lipinski definition) is 2. The number of ether oxygens (including phenoxy) is 1. The molecule has 5 rings (SSSR count). The summed E-state index contributed by atoms with van der Waals surface area (Å²) in [5.74, 6) is 0.828. The minimum Gasteiger partial charge on any atom is -0.427 e. The normalized spacial score (nSPS) is 29.2. The number of benzene rings is 2. The van der Waals surface area contributed by atoms with Gasteiger partial charge in [0.25, 0.3) is 5.91 Å². The molecule has 2 N–H and O–H groups in total. The van der Waals surface area contributed by atoms with Crippen LogP contribution in [0.4, 0.5) is 0 Å². The first-order valence-electron chi connectivity index (χ1n) is 12.5. The molecule has 1 saturated heterocycles. The third kappa shape index (κ3) is 4.62. The number of hydrogen-bond acceptors (Lipinski definition) is 5. The average Bonchev–Trinajstić information content (AvgIpc) is 3.63. The van der Waals surface area contributed by atoms with Crippen LogP contribution in [0.2, 0.25) is 0 Å². The van der Waals surface area contributed by atoms with E-state index in [-0.39, 0.29) is 17.9 Å². The van der Waals surface area contributed by atoms with Crippen molar-refractivity contribution in [3.8, 4) is 5.75 Å². The van der Waals surface area contributed by atoms with Gasteiger partial charge in [-0.15, -0.1) is 0 Å². The van der Waals surface area contributed by atoms with E-state index < -0.39 is 11.0 Å². The van der Waals surface area contributed by atoms with Crippen molar-refractivity contribution in [3.63, 3.8) is 0 Å². The fraction of sp³-hybridized carbons (Fsp3) is 0.500. The Morgan fingerprint density at radius 1 is 1.09 bits per heavy atom. The maximum atomic E-state index is 12.9. The first kappa shape index (κ1) is 23.1. The fourth-order valence-corrected chi connectivity index (χ4v) is 6.08. The lowest BCUT2D eigenvalue weighted by Gasteiger charge is -2.58. The van der Waals surface area contributed by atoms with Gasteiger partial charge in [-0.2, -0.15) is 0 Å². The summed E-state index contributed by atoms with van der Waals surface area (Å²) >= 11 is 0. The Bertz CT molecular complexity index is 1050. The molecule has 2 aliphatic carbocycles. The van der Waals surface area contributed by atoms with E-state index in [1.165, 1.54) is 19.8 Å². The molecule has 2 aromatic carbocycles. The number of likely N-dealkylation sites (tertiary alicyclic amines) is 1. The van der Waals surface area contributed by atoms with Gasteiger partial charge < -0.3 is 20.1 Å². The van der Waals surface area contributed by atoms with E-state index >= 15 is 0 Å². The Hall–Kier alpha value is -2.70. The van der Waals surface area contributed by atoms with Crippen molar-refractivity contribution < 1.29 is 19.4 Å². The number of fused-ring (bicyclic) bond motifs is 1. The molecule has 0 spiro atoms. The van der Waals surface area contributed by atoms with Crippen molar-refractivity contribution in [2.24, 2.45) is 5.92 Å². The highest BCUT2D eigenvalue weighted by Crippen LogP contribution is 2.52. The SMILES string of the molecule is CC(=O)Oc1cccc(C23CCN(CC4CC4)CC2(O)CC[C@H](NC(=O)c2ccccc2)C3)c1. The molecule has 0 bridgehead atoms. The third-order valence-corrected chi connectivity index (χ3v) is 7.96. The Morgan fingerprint density at radius 3 is 2.62 bits per heavy atom. The number of aliphatic hydroxyl groups is 1. The van der Waals surface area contributed by atoms with Gasteiger partial charge in [0.1, 0.15) is 5.75 Å². The molecule has 1 amide bonds. The van der Waals surface area contributed by atoms with Gasteiger partial charge in [0.05, 0.1) is 5.60 Å². The van der Waals surface area contributed by atoms with Crippen LogP contribution < -0.4 is 10.1 Å². The average molecular weight is 463 g/mol. The molecule has 1 aliphatic heterocycles. The summed E-state index contributed by atoms with van der Waals surface area (Å²) in [6.45, 7) is 4.00. The van der Waals surface area contributed by atoms with Crippen molar-refractivity contribution in [1.29, 1.82) is 0 Å². The zero-order valence-electron chi connectivity index (χ0n) is 19.8. The third-order valence-electron chi connectivity index (χ3n) is 7.96. The van der Waals surface area contributed by atoms with E-state index in [9.17, 15) is 14.7 Å². The van der Waals surface area contributed by atoms with Crippen molar-refractivity contribution in [3.05, 3.63) is 65.7 Å². The van der Waals surface area contributed by atoms with Crippen LogP contribution in [-0.2, 0) is 10.2 Å². The molecule has 3 atom stereocenters. The quantitative estimate of drug-likeness (QED) is 0.506. The fourth-order valence-electron chi connectivity index (χ4n) is 6.08. The van der Waals surface area contributed by atoms with Gasteiger partial charge >= 0.3 is 5.97 Å². The predicted octanol–water partition coefficient (Wildman–Crippen LogP) is 3.68. The topological polar surface area (TPSA) is 78.9 Å². The van der Waals surface area contributed by atoms with E-state index in [4.69, 9.17) is 4.74 Å². The van der Waals surface area contributed by atoms with Crippen LogP contribution in [0.1, 0.15) is 61.4 Å². The number of carbonyl (C=O) groups excluding carboxylic acids is 2. The van der Waals surface area contributed by atoms with E-state index in [0.29, 0.717) is 30.7 Å². The number of esters is 1. The highest BCUT2D eigenvalue weighted by atomic mass is 16.5. The Labute approximate surface area is 201 Å². The van der Waals surface area contributed by atoms with Crippen molar-refractivity contribution in [2.75, 3.05) is 19.6 Å². The lowest BCUT2D eigenvalue weighted by Crippen LogP contribution is -2.67. The summed E-state index contributed by atoms with van der Waals surface area (Å²) in [5.41, 5.74) is 0.214. The first-order valence-corrected chi connectivity index (χ1v) is 12.5. The number of nitrogens with one attached hydrogen (secondary N) is 1. The summed E-state index contributed by atoms with van der Waals surface area (Å²) in [5, 5.41) is 15.4. The highest BCUT2D eigenvalue weighted by molar-refractivity contribution is 5.94. The summed E-state index contributed by atoms with van der Waals surface area (Å²) in [6, 6.07) is 16.9. The van der Waals surface area contributed by atoms with E-state index in [1.807, 2.05) is 48.5 Å². The molecule has 180 valence electrons. The number of nitrogens with zero attached hydrogens (tertiary/aromatic N) is 1. The summed E-state index contributed by atoms with van der Waals surface area (Å²) < 4.78 is 5.39. The second kappa shape index (κ2) is 9.16.